The number of benzene rings is 2. The molecule has 1 amide bonds. The van der Waals surface area contributed by atoms with E-state index in [0.29, 0.717) is 5.69 Å². The average Bonchev–Trinajstić information content (AvgIpc) is 2.68. The quantitative estimate of drug-likeness (QED) is 0.381. The van der Waals surface area contributed by atoms with Gasteiger partial charge < -0.3 is 10.1 Å². The van der Waals surface area contributed by atoms with Crippen molar-refractivity contribution < 1.29 is 31.9 Å². The predicted molar refractivity (Wildman–Crippen MR) is 104 cm³/mol. The monoisotopic (exact) mass is 482 g/mol. The Morgan fingerprint density at radius 2 is 1.77 bits per heavy atom. The van der Waals surface area contributed by atoms with E-state index in [1.807, 2.05) is 0 Å². The maximum atomic E-state index is 13.8. The Balaban J connectivity index is 1.79. The van der Waals surface area contributed by atoms with Crippen LogP contribution < -0.4 is 10.1 Å². The molecule has 3 rings (SSSR count). The first kappa shape index (κ1) is 21.4. The van der Waals surface area contributed by atoms with Gasteiger partial charge in [-0.15, -0.1) is 13.2 Å². The normalized spacial score (nSPS) is 11.1. The van der Waals surface area contributed by atoms with Crippen LogP contribution in [0.15, 0.2) is 60.8 Å². The van der Waals surface area contributed by atoms with Crippen molar-refractivity contribution in [2.45, 2.75) is 6.36 Å². The van der Waals surface area contributed by atoms with Gasteiger partial charge in [0.1, 0.15) is 11.6 Å². The molecule has 0 saturated heterocycles. The van der Waals surface area contributed by atoms with Crippen molar-refractivity contribution in [1.82, 2.24) is 4.98 Å². The summed E-state index contributed by atoms with van der Waals surface area (Å²) in [5, 5.41) is 2.50. The summed E-state index contributed by atoms with van der Waals surface area (Å²) in [4.78, 5) is 28.1. The zero-order valence-electron chi connectivity index (χ0n) is 14.8. The third-order valence-electron chi connectivity index (χ3n) is 3.85. The molecule has 2 aromatic carbocycles. The number of carbonyl (C=O) groups is 2. The SMILES string of the molecule is O=C(Nc1ccc(-c2ccccc2F)nc1)c1ccc(OC(F)(F)F)c(C(=O)Br)c1. The number of nitrogens with zero attached hydrogens (tertiary/aromatic N) is 1. The third kappa shape index (κ3) is 5.20. The summed E-state index contributed by atoms with van der Waals surface area (Å²) in [5.74, 6) is -1.88. The van der Waals surface area contributed by atoms with E-state index in [-0.39, 0.29) is 16.8 Å². The van der Waals surface area contributed by atoms with Crippen LogP contribution in [0.5, 0.6) is 5.75 Å². The lowest BCUT2D eigenvalue weighted by Crippen LogP contribution is -2.19. The predicted octanol–water partition coefficient (Wildman–Crippen LogP) is 5.57. The fourth-order valence-electron chi connectivity index (χ4n) is 2.54. The number of halogens is 5. The molecular formula is C20H11BrF4N2O3. The fraction of sp³-hybridized carbons (Fsp3) is 0.0500. The maximum Gasteiger partial charge on any atom is 0.573 e. The molecule has 10 heteroatoms. The average molecular weight is 483 g/mol. The molecular weight excluding hydrogens is 472 g/mol. The number of anilines is 1. The second kappa shape index (κ2) is 8.62. The lowest BCUT2D eigenvalue weighted by atomic mass is 10.1. The first-order chi connectivity index (χ1) is 14.1. The van der Waals surface area contributed by atoms with Crippen LogP contribution in [0.4, 0.5) is 23.2 Å². The van der Waals surface area contributed by atoms with Crippen molar-refractivity contribution in [2.24, 2.45) is 0 Å². The Kier molecular flexibility index (Phi) is 6.16. The molecule has 0 aliphatic carbocycles. The van der Waals surface area contributed by atoms with E-state index in [4.69, 9.17) is 0 Å². The van der Waals surface area contributed by atoms with Gasteiger partial charge in [-0.05, 0) is 58.4 Å². The molecule has 3 aromatic rings. The van der Waals surface area contributed by atoms with Gasteiger partial charge in [-0.2, -0.15) is 0 Å². The van der Waals surface area contributed by atoms with Crippen LogP contribution in [0.3, 0.4) is 0 Å². The molecule has 1 aromatic heterocycles. The maximum absolute atomic E-state index is 13.8. The number of hydrogen-bond donors (Lipinski definition) is 1. The number of rotatable bonds is 5. The summed E-state index contributed by atoms with van der Waals surface area (Å²) in [6, 6.07) is 12.0. The highest BCUT2D eigenvalue weighted by Gasteiger charge is 2.33. The Morgan fingerprint density at radius 1 is 1.03 bits per heavy atom. The van der Waals surface area contributed by atoms with Crippen molar-refractivity contribution in [3.63, 3.8) is 0 Å². The van der Waals surface area contributed by atoms with Crippen LogP contribution in [0.2, 0.25) is 0 Å². The summed E-state index contributed by atoms with van der Waals surface area (Å²) in [6.45, 7) is 0. The minimum atomic E-state index is -4.99. The fourth-order valence-corrected chi connectivity index (χ4v) is 2.85. The molecule has 1 N–H and O–H groups in total. The van der Waals surface area contributed by atoms with Gasteiger partial charge in [-0.1, -0.05) is 12.1 Å². The van der Waals surface area contributed by atoms with E-state index < -0.39 is 34.1 Å². The summed E-state index contributed by atoms with van der Waals surface area (Å²) in [5.41, 5.74) is 0.365. The summed E-state index contributed by atoms with van der Waals surface area (Å²) in [7, 11) is 0. The largest absolute Gasteiger partial charge is 0.573 e. The smallest absolute Gasteiger partial charge is 0.405 e. The molecule has 0 atom stereocenters. The Morgan fingerprint density at radius 3 is 2.37 bits per heavy atom. The lowest BCUT2D eigenvalue weighted by Gasteiger charge is -2.13. The Bertz CT molecular complexity index is 1100. The van der Waals surface area contributed by atoms with Crippen molar-refractivity contribution in [3.05, 3.63) is 77.7 Å². The number of alkyl halides is 3. The molecule has 0 radical (unpaired) electrons. The van der Waals surface area contributed by atoms with E-state index in [9.17, 15) is 27.2 Å². The first-order valence-corrected chi connectivity index (χ1v) is 9.05. The first-order valence-electron chi connectivity index (χ1n) is 8.26. The molecule has 0 aliphatic heterocycles. The van der Waals surface area contributed by atoms with Crippen molar-refractivity contribution in [2.75, 3.05) is 5.32 Å². The highest BCUT2D eigenvalue weighted by atomic mass is 79.9. The van der Waals surface area contributed by atoms with Crippen LogP contribution in [0, 0.1) is 5.82 Å². The van der Waals surface area contributed by atoms with Crippen molar-refractivity contribution >= 4 is 32.2 Å². The van der Waals surface area contributed by atoms with Gasteiger partial charge >= 0.3 is 6.36 Å². The molecule has 0 spiro atoms. The highest BCUT2D eigenvalue weighted by Crippen LogP contribution is 2.29. The van der Waals surface area contributed by atoms with Gasteiger partial charge in [-0.3, -0.25) is 14.6 Å². The molecule has 1 heterocycles. The summed E-state index contributed by atoms with van der Waals surface area (Å²) >= 11 is 2.57. The second-order valence-corrected chi connectivity index (χ2v) is 6.62. The van der Waals surface area contributed by atoms with Gasteiger partial charge in [-0.25, -0.2) is 4.39 Å². The molecule has 5 nitrogen and oxygen atoms in total. The number of nitrogens with one attached hydrogen (secondary N) is 1. The molecule has 0 bridgehead atoms. The van der Waals surface area contributed by atoms with E-state index in [1.165, 1.54) is 24.4 Å². The van der Waals surface area contributed by atoms with E-state index in [1.54, 1.807) is 18.2 Å². The van der Waals surface area contributed by atoms with Crippen LogP contribution in [-0.2, 0) is 0 Å². The van der Waals surface area contributed by atoms with Crippen molar-refractivity contribution in [1.29, 1.82) is 0 Å². The number of ether oxygens (including phenoxy) is 1. The number of amides is 1. The molecule has 0 unspecified atom stereocenters. The van der Waals surface area contributed by atoms with Gasteiger partial charge in [0.2, 0.25) is 4.69 Å². The number of aromatic nitrogens is 1. The Hall–Kier alpha value is -3.27. The number of carbonyl (C=O) groups excluding carboxylic acids is 2. The number of hydrogen-bond acceptors (Lipinski definition) is 4. The topological polar surface area (TPSA) is 68.3 Å². The van der Waals surface area contributed by atoms with Gasteiger partial charge in [0, 0.05) is 11.1 Å². The van der Waals surface area contributed by atoms with Crippen LogP contribution >= 0.6 is 15.9 Å². The van der Waals surface area contributed by atoms with E-state index in [2.05, 4.69) is 31.0 Å². The third-order valence-corrected chi connectivity index (χ3v) is 4.28. The van der Waals surface area contributed by atoms with Crippen molar-refractivity contribution in [3.8, 4) is 17.0 Å². The summed E-state index contributed by atoms with van der Waals surface area (Å²) < 4.78 is 54.1. The summed E-state index contributed by atoms with van der Waals surface area (Å²) in [6.07, 6.45) is -3.69. The molecule has 30 heavy (non-hydrogen) atoms. The minimum Gasteiger partial charge on any atom is -0.405 e. The second-order valence-electron chi connectivity index (χ2n) is 5.90. The van der Waals surface area contributed by atoms with Crippen LogP contribution in [0.1, 0.15) is 20.7 Å². The Labute approximate surface area is 175 Å². The van der Waals surface area contributed by atoms with E-state index >= 15 is 0 Å². The van der Waals surface area contributed by atoms with Gasteiger partial charge in [0.05, 0.1) is 23.1 Å². The van der Waals surface area contributed by atoms with E-state index in [0.717, 1.165) is 18.2 Å². The molecule has 0 aliphatic rings. The zero-order chi connectivity index (χ0) is 21.9. The standard InChI is InChI=1S/C20H11BrF4N2O3/c21-18(28)14-9-11(5-8-17(14)30-20(23,24)25)19(29)27-12-6-7-16(26-10-12)13-3-1-2-4-15(13)22/h1-10H,(H,27,29). The van der Waals surface area contributed by atoms with Gasteiger partial charge in [0.25, 0.3) is 5.91 Å². The van der Waals surface area contributed by atoms with Crippen LogP contribution in [-0.4, -0.2) is 21.9 Å². The molecule has 0 saturated carbocycles. The number of pyridine rings is 1. The van der Waals surface area contributed by atoms with Crippen LogP contribution in [0.25, 0.3) is 11.3 Å². The van der Waals surface area contributed by atoms with Gasteiger partial charge in [0.15, 0.2) is 0 Å². The highest BCUT2D eigenvalue weighted by molar-refractivity contribution is 9.18. The molecule has 0 fully saturated rings. The lowest BCUT2D eigenvalue weighted by molar-refractivity contribution is -0.274. The minimum absolute atomic E-state index is 0.0782. The zero-order valence-corrected chi connectivity index (χ0v) is 16.4. The molecule has 154 valence electrons.